The lowest BCUT2D eigenvalue weighted by molar-refractivity contribution is 0.150. The Morgan fingerprint density at radius 2 is 2.05 bits per heavy atom. The van der Waals surface area contributed by atoms with Crippen molar-refractivity contribution >= 4 is 6.03 Å². The highest BCUT2D eigenvalue weighted by molar-refractivity contribution is 5.74. The van der Waals surface area contributed by atoms with Gasteiger partial charge in [-0.1, -0.05) is 18.5 Å². The van der Waals surface area contributed by atoms with Gasteiger partial charge in [-0.3, -0.25) is 0 Å². The molecule has 0 aromatic carbocycles. The summed E-state index contributed by atoms with van der Waals surface area (Å²) in [6, 6.07) is 0.274. The first kappa shape index (κ1) is 16.8. The molecule has 5 nitrogen and oxygen atoms in total. The number of carbonyl (C=O) groups is 1. The first-order valence-electron chi connectivity index (χ1n) is 8.37. The number of carbonyl (C=O) groups excluding carboxylic acids is 1. The minimum Gasteiger partial charge on any atom is -0.361 e. The van der Waals surface area contributed by atoms with Crippen LogP contribution >= 0.6 is 0 Å². The van der Waals surface area contributed by atoms with Gasteiger partial charge >= 0.3 is 6.03 Å². The zero-order valence-electron chi connectivity index (χ0n) is 14.5. The molecule has 1 N–H and O–H groups in total. The van der Waals surface area contributed by atoms with Gasteiger partial charge < -0.3 is 14.7 Å². The van der Waals surface area contributed by atoms with Crippen LogP contribution in [0.5, 0.6) is 0 Å². The van der Waals surface area contributed by atoms with Gasteiger partial charge in [-0.25, -0.2) is 4.79 Å². The highest BCUT2D eigenvalue weighted by Crippen LogP contribution is 2.28. The van der Waals surface area contributed by atoms with Crippen molar-refractivity contribution in [2.45, 2.75) is 65.8 Å². The van der Waals surface area contributed by atoms with Crippen LogP contribution in [0, 0.1) is 19.8 Å². The van der Waals surface area contributed by atoms with Crippen LogP contribution in [0.25, 0.3) is 0 Å². The maximum absolute atomic E-state index is 12.5. The van der Waals surface area contributed by atoms with Crippen LogP contribution in [0.3, 0.4) is 0 Å². The number of urea groups is 1. The number of nitrogens with one attached hydrogen (secondary N) is 1. The molecule has 0 radical (unpaired) electrons. The lowest BCUT2D eigenvalue weighted by Crippen LogP contribution is -2.47. The van der Waals surface area contributed by atoms with Crippen molar-refractivity contribution in [2.75, 3.05) is 13.1 Å². The van der Waals surface area contributed by atoms with Gasteiger partial charge in [-0.2, -0.15) is 0 Å². The van der Waals surface area contributed by atoms with Crippen LogP contribution in [-0.2, 0) is 0 Å². The molecular formula is C17H29N3O2. The van der Waals surface area contributed by atoms with E-state index in [1.165, 1.54) is 19.3 Å². The number of hydrogen-bond donors (Lipinski definition) is 1. The van der Waals surface area contributed by atoms with Crippen molar-refractivity contribution in [3.8, 4) is 0 Å². The largest absolute Gasteiger partial charge is 0.361 e. The molecule has 1 aromatic heterocycles. The molecule has 2 amide bonds. The second-order valence-electron chi connectivity index (χ2n) is 6.87. The van der Waals surface area contributed by atoms with Gasteiger partial charge in [0, 0.05) is 30.6 Å². The minimum atomic E-state index is 0.0421. The zero-order chi connectivity index (χ0) is 16.3. The maximum Gasteiger partial charge on any atom is 0.317 e. The molecule has 0 unspecified atom stereocenters. The van der Waals surface area contributed by atoms with E-state index in [1.807, 2.05) is 18.7 Å². The van der Waals surface area contributed by atoms with Crippen molar-refractivity contribution in [3.63, 3.8) is 0 Å². The topological polar surface area (TPSA) is 58.4 Å². The third-order valence-corrected chi connectivity index (χ3v) is 4.70. The fourth-order valence-corrected chi connectivity index (χ4v) is 3.12. The predicted octanol–water partition coefficient (Wildman–Crippen LogP) is 3.62. The number of amides is 2. The van der Waals surface area contributed by atoms with Gasteiger partial charge in [0.05, 0.1) is 5.69 Å². The number of hydrogen-bond acceptors (Lipinski definition) is 3. The van der Waals surface area contributed by atoms with Crippen molar-refractivity contribution in [2.24, 2.45) is 5.92 Å². The van der Waals surface area contributed by atoms with Gasteiger partial charge in [0.25, 0.3) is 0 Å². The molecule has 1 saturated carbocycles. The molecule has 1 fully saturated rings. The summed E-state index contributed by atoms with van der Waals surface area (Å²) in [5.41, 5.74) is 2.02. The smallest absolute Gasteiger partial charge is 0.317 e. The third kappa shape index (κ3) is 3.81. The van der Waals surface area contributed by atoms with Gasteiger partial charge in [-0.15, -0.1) is 0 Å². The average Bonchev–Trinajstić information content (AvgIpc) is 2.73. The summed E-state index contributed by atoms with van der Waals surface area (Å²) in [6.07, 6.45) is 3.82. The minimum absolute atomic E-state index is 0.0421. The van der Waals surface area contributed by atoms with Crippen LogP contribution in [0.1, 0.15) is 63.0 Å². The normalized spacial score (nSPS) is 16.5. The first-order valence-corrected chi connectivity index (χ1v) is 8.37. The van der Waals surface area contributed by atoms with Crippen LogP contribution in [0.2, 0.25) is 0 Å². The van der Waals surface area contributed by atoms with Gasteiger partial charge in [-0.05, 0) is 46.5 Å². The molecular weight excluding hydrogens is 278 g/mol. The molecule has 0 bridgehead atoms. The summed E-state index contributed by atoms with van der Waals surface area (Å²) in [5.74, 6) is 1.73. The monoisotopic (exact) mass is 307 g/mol. The van der Waals surface area contributed by atoms with Crippen LogP contribution in [0.4, 0.5) is 4.79 Å². The fourth-order valence-electron chi connectivity index (χ4n) is 3.12. The van der Waals surface area contributed by atoms with E-state index >= 15 is 0 Å². The molecule has 0 aliphatic heterocycles. The summed E-state index contributed by atoms with van der Waals surface area (Å²) in [4.78, 5) is 14.4. The molecule has 124 valence electrons. The quantitative estimate of drug-likeness (QED) is 0.873. The first-order chi connectivity index (χ1) is 10.4. The predicted molar refractivity (Wildman–Crippen MR) is 87.0 cm³/mol. The third-order valence-electron chi connectivity index (χ3n) is 4.70. The Balaban J connectivity index is 1.89. The summed E-state index contributed by atoms with van der Waals surface area (Å²) in [6.45, 7) is 11.6. The molecule has 22 heavy (non-hydrogen) atoms. The van der Waals surface area contributed by atoms with Gasteiger partial charge in [0.15, 0.2) is 0 Å². The summed E-state index contributed by atoms with van der Waals surface area (Å²) < 4.78 is 5.21. The van der Waals surface area contributed by atoms with E-state index in [-0.39, 0.29) is 18.0 Å². The fraction of sp³-hybridized carbons (Fsp3) is 0.765. The highest BCUT2D eigenvalue weighted by Gasteiger charge is 2.26. The van der Waals surface area contributed by atoms with Crippen molar-refractivity contribution in [1.29, 1.82) is 0 Å². The Morgan fingerprint density at radius 3 is 2.50 bits per heavy atom. The van der Waals surface area contributed by atoms with E-state index in [2.05, 4.69) is 31.2 Å². The second kappa shape index (κ2) is 7.16. The zero-order valence-corrected chi connectivity index (χ0v) is 14.5. The summed E-state index contributed by atoms with van der Waals surface area (Å²) in [5, 5.41) is 7.07. The molecule has 0 spiro atoms. The Morgan fingerprint density at radius 1 is 1.36 bits per heavy atom. The van der Waals surface area contributed by atoms with E-state index in [4.69, 9.17) is 4.52 Å². The van der Waals surface area contributed by atoms with Crippen molar-refractivity contribution in [1.82, 2.24) is 15.4 Å². The number of rotatable bonds is 6. The van der Waals surface area contributed by atoms with E-state index in [0.29, 0.717) is 12.5 Å². The Kier molecular flexibility index (Phi) is 5.48. The summed E-state index contributed by atoms with van der Waals surface area (Å²) in [7, 11) is 0. The molecule has 1 atom stereocenters. The number of nitrogens with zero attached hydrogens (tertiary/aromatic N) is 2. The Hall–Kier alpha value is -1.52. The molecule has 1 heterocycles. The number of aryl methyl sites for hydroxylation is 2. The highest BCUT2D eigenvalue weighted by atomic mass is 16.5. The summed E-state index contributed by atoms with van der Waals surface area (Å²) >= 11 is 0. The van der Waals surface area contributed by atoms with Crippen LogP contribution < -0.4 is 5.32 Å². The Labute approximate surface area is 133 Å². The molecule has 5 heteroatoms. The SMILES string of the molecule is Cc1noc(C)c1[C@@H](C)CNC(=O)N(CC1CCC1)C(C)C. The van der Waals surface area contributed by atoms with E-state index in [1.54, 1.807) is 0 Å². The Bertz CT molecular complexity index is 487. The molecule has 1 aliphatic rings. The molecule has 1 aromatic rings. The van der Waals surface area contributed by atoms with E-state index < -0.39 is 0 Å². The van der Waals surface area contributed by atoms with Gasteiger partial charge in [0.1, 0.15) is 5.76 Å². The lowest BCUT2D eigenvalue weighted by atomic mass is 9.85. The standard InChI is InChI=1S/C17H29N3O2/c1-11(2)20(10-15-7-6-8-15)17(21)18-9-12(3)16-13(4)19-22-14(16)5/h11-12,15H,6-10H2,1-5H3,(H,18,21)/t12-/m0/s1. The molecule has 1 aliphatic carbocycles. The lowest BCUT2D eigenvalue weighted by Gasteiger charge is -2.35. The van der Waals surface area contributed by atoms with E-state index in [9.17, 15) is 4.79 Å². The van der Waals surface area contributed by atoms with Crippen molar-refractivity contribution < 1.29 is 9.32 Å². The van der Waals surface area contributed by atoms with Crippen LogP contribution in [0.15, 0.2) is 4.52 Å². The molecule has 0 saturated heterocycles. The molecule has 2 rings (SSSR count). The van der Waals surface area contributed by atoms with Crippen molar-refractivity contribution in [3.05, 3.63) is 17.0 Å². The second-order valence-corrected chi connectivity index (χ2v) is 6.87. The maximum atomic E-state index is 12.5. The number of aromatic nitrogens is 1. The van der Waals surface area contributed by atoms with Crippen LogP contribution in [-0.4, -0.2) is 35.2 Å². The average molecular weight is 307 g/mol. The van der Waals surface area contributed by atoms with Gasteiger partial charge in [0.2, 0.25) is 0 Å². The van der Waals surface area contributed by atoms with E-state index in [0.717, 1.165) is 23.6 Å².